The summed E-state index contributed by atoms with van der Waals surface area (Å²) in [5.41, 5.74) is 1.82. The van der Waals surface area contributed by atoms with Crippen molar-refractivity contribution in [1.82, 2.24) is 9.88 Å². The van der Waals surface area contributed by atoms with E-state index in [4.69, 9.17) is 11.6 Å². The summed E-state index contributed by atoms with van der Waals surface area (Å²) in [6.45, 7) is 0. The molecule has 0 spiro atoms. The first-order valence-electron chi connectivity index (χ1n) is 8.03. The highest BCUT2D eigenvalue weighted by atomic mass is 35.5. The third-order valence-electron chi connectivity index (χ3n) is 4.23. The molecule has 1 N–H and O–H groups in total. The van der Waals surface area contributed by atoms with Crippen LogP contribution in [-0.4, -0.2) is 16.5 Å². The van der Waals surface area contributed by atoms with Gasteiger partial charge in [0.1, 0.15) is 11.6 Å². The molecule has 3 rings (SSSR count). The van der Waals surface area contributed by atoms with Gasteiger partial charge in [0.15, 0.2) is 0 Å². The first-order valence-corrected chi connectivity index (χ1v) is 8.41. The van der Waals surface area contributed by atoms with E-state index < -0.39 is 0 Å². The molecule has 0 radical (unpaired) electrons. The Labute approximate surface area is 146 Å². The van der Waals surface area contributed by atoms with E-state index in [2.05, 4.69) is 5.32 Å². The summed E-state index contributed by atoms with van der Waals surface area (Å²) in [5.74, 6) is -0.298. The molecule has 1 aromatic carbocycles. The van der Waals surface area contributed by atoms with E-state index in [0.717, 1.165) is 37.1 Å². The number of amides is 1. The second-order valence-corrected chi connectivity index (χ2v) is 6.34. The molecule has 5 heteroatoms. The monoisotopic (exact) mass is 339 g/mol. The van der Waals surface area contributed by atoms with Crippen LogP contribution in [0.4, 0.5) is 0 Å². The van der Waals surface area contributed by atoms with Gasteiger partial charge in [-0.15, -0.1) is 0 Å². The third-order valence-corrected chi connectivity index (χ3v) is 4.48. The second-order valence-electron chi connectivity index (χ2n) is 5.90. The molecular formula is C19H18ClN3O. The van der Waals surface area contributed by atoms with Crippen LogP contribution in [0.3, 0.4) is 0 Å². The maximum atomic E-state index is 12.3. The number of aromatic nitrogens is 1. The molecule has 1 amide bonds. The standard InChI is InChI=1S/C19H18ClN3O/c20-15-7-9-17(10-8-15)23-11-3-6-18(23)12-14(13-21)19(24)22-16-4-1-2-5-16/h3,6-12,16H,1-2,4-5H2,(H,22,24)/b14-12-. The summed E-state index contributed by atoms with van der Waals surface area (Å²) in [7, 11) is 0. The van der Waals surface area contributed by atoms with Crippen molar-refractivity contribution in [2.24, 2.45) is 0 Å². The fourth-order valence-electron chi connectivity index (χ4n) is 2.98. The van der Waals surface area contributed by atoms with Crippen molar-refractivity contribution in [1.29, 1.82) is 5.26 Å². The lowest BCUT2D eigenvalue weighted by Gasteiger charge is -2.11. The van der Waals surface area contributed by atoms with Crippen LogP contribution < -0.4 is 5.32 Å². The Hall–Kier alpha value is -2.51. The molecule has 1 saturated carbocycles. The van der Waals surface area contributed by atoms with Crippen LogP contribution in [0.5, 0.6) is 0 Å². The molecule has 1 heterocycles. The lowest BCUT2D eigenvalue weighted by atomic mass is 10.2. The van der Waals surface area contributed by atoms with Gasteiger partial charge in [0.05, 0.1) is 0 Å². The molecule has 0 saturated heterocycles. The predicted molar refractivity (Wildman–Crippen MR) is 94.8 cm³/mol. The number of hydrogen-bond donors (Lipinski definition) is 1. The fraction of sp³-hybridized carbons (Fsp3) is 0.263. The van der Waals surface area contributed by atoms with E-state index in [9.17, 15) is 10.1 Å². The van der Waals surface area contributed by atoms with Crippen molar-refractivity contribution in [3.8, 4) is 11.8 Å². The molecule has 1 aliphatic carbocycles. The summed E-state index contributed by atoms with van der Waals surface area (Å²) < 4.78 is 1.91. The molecule has 24 heavy (non-hydrogen) atoms. The van der Waals surface area contributed by atoms with Gasteiger partial charge in [-0.3, -0.25) is 4.79 Å². The van der Waals surface area contributed by atoms with Gasteiger partial charge in [0.2, 0.25) is 0 Å². The molecule has 1 aromatic heterocycles. The zero-order valence-electron chi connectivity index (χ0n) is 13.2. The number of nitrogens with one attached hydrogen (secondary N) is 1. The third kappa shape index (κ3) is 3.69. The maximum Gasteiger partial charge on any atom is 0.262 e. The average molecular weight is 340 g/mol. The number of nitrogens with zero attached hydrogens (tertiary/aromatic N) is 2. The molecule has 122 valence electrons. The maximum absolute atomic E-state index is 12.3. The largest absolute Gasteiger partial charge is 0.349 e. The van der Waals surface area contributed by atoms with E-state index in [1.54, 1.807) is 6.08 Å². The van der Waals surface area contributed by atoms with Gasteiger partial charge >= 0.3 is 0 Å². The number of benzene rings is 1. The number of carbonyl (C=O) groups is 1. The molecule has 0 atom stereocenters. The van der Waals surface area contributed by atoms with E-state index in [1.165, 1.54) is 0 Å². The van der Waals surface area contributed by atoms with Gasteiger partial charge in [0, 0.05) is 28.6 Å². The molecular weight excluding hydrogens is 322 g/mol. The number of carbonyl (C=O) groups excluding carboxylic acids is 1. The minimum Gasteiger partial charge on any atom is -0.349 e. The van der Waals surface area contributed by atoms with Gasteiger partial charge in [-0.05, 0) is 55.3 Å². The minimum atomic E-state index is -0.298. The van der Waals surface area contributed by atoms with Crippen molar-refractivity contribution < 1.29 is 4.79 Å². The SMILES string of the molecule is N#C/C(=C/c1cccn1-c1ccc(Cl)cc1)C(=O)NC1CCCC1. The fourth-order valence-corrected chi connectivity index (χ4v) is 3.10. The first-order chi connectivity index (χ1) is 11.7. The summed E-state index contributed by atoms with van der Waals surface area (Å²) in [4.78, 5) is 12.3. The smallest absolute Gasteiger partial charge is 0.262 e. The molecule has 0 bridgehead atoms. The van der Waals surface area contributed by atoms with Crippen LogP contribution >= 0.6 is 11.6 Å². The van der Waals surface area contributed by atoms with Gasteiger partial charge < -0.3 is 9.88 Å². The van der Waals surface area contributed by atoms with Crippen LogP contribution in [0.2, 0.25) is 5.02 Å². The Balaban J connectivity index is 1.84. The number of nitriles is 1. The number of hydrogen-bond acceptors (Lipinski definition) is 2. The van der Waals surface area contributed by atoms with Crippen LogP contribution in [0.25, 0.3) is 11.8 Å². The Morgan fingerprint density at radius 3 is 2.62 bits per heavy atom. The molecule has 1 fully saturated rings. The zero-order valence-corrected chi connectivity index (χ0v) is 14.0. The summed E-state index contributed by atoms with van der Waals surface area (Å²) in [6.07, 6.45) is 7.76. The van der Waals surface area contributed by atoms with E-state index in [1.807, 2.05) is 53.2 Å². The highest BCUT2D eigenvalue weighted by Crippen LogP contribution is 2.20. The topological polar surface area (TPSA) is 57.8 Å². The Morgan fingerprint density at radius 1 is 1.25 bits per heavy atom. The summed E-state index contributed by atoms with van der Waals surface area (Å²) in [6, 6.07) is 13.4. The van der Waals surface area contributed by atoms with Gasteiger partial charge in [-0.25, -0.2) is 0 Å². The Kier molecular flexibility index (Phi) is 5.02. The van der Waals surface area contributed by atoms with Crippen molar-refractivity contribution in [2.45, 2.75) is 31.7 Å². The highest BCUT2D eigenvalue weighted by Gasteiger charge is 2.19. The average Bonchev–Trinajstić information content (AvgIpc) is 3.25. The van der Waals surface area contributed by atoms with Crippen LogP contribution in [0.1, 0.15) is 31.4 Å². The Morgan fingerprint density at radius 2 is 1.96 bits per heavy atom. The highest BCUT2D eigenvalue weighted by molar-refractivity contribution is 6.30. The van der Waals surface area contributed by atoms with Crippen molar-refractivity contribution in [3.05, 3.63) is 58.9 Å². The van der Waals surface area contributed by atoms with Gasteiger partial charge in [-0.1, -0.05) is 24.4 Å². The molecule has 0 unspecified atom stereocenters. The molecule has 0 aliphatic heterocycles. The lowest BCUT2D eigenvalue weighted by Crippen LogP contribution is -2.33. The van der Waals surface area contributed by atoms with Crippen molar-refractivity contribution >= 4 is 23.6 Å². The van der Waals surface area contributed by atoms with Crippen molar-refractivity contribution in [3.63, 3.8) is 0 Å². The molecule has 2 aromatic rings. The predicted octanol–water partition coefficient (Wildman–Crippen LogP) is 4.10. The summed E-state index contributed by atoms with van der Waals surface area (Å²) >= 11 is 5.92. The van der Waals surface area contributed by atoms with E-state index in [-0.39, 0.29) is 17.5 Å². The second kappa shape index (κ2) is 7.37. The van der Waals surface area contributed by atoms with Crippen LogP contribution in [-0.2, 0) is 4.79 Å². The molecule has 1 aliphatic rings. The number of rotatable bonds is 4. The first kappa shape index (κ1) is 16.4. The van der Waals surface area contributed by atoms with E-state index in [0.29, 0.717) is 5.02 Å². The molecule has 4 nitrogen and oxygen atoms in total. The van der Waals surface area contributed by atoms with Gasteiger partial charge in [0.25, 0.3) is 5.91 Å². The number of halogens is 1. The Bertz CT molecular complexity index is 793. The minimum absolute atomic E-state index is 0.121. The quantitative estimate of drug-likeness (QED) is 0.673. The van der Waals surface area contributed by atoms with E-state index >= 15 is 0 Å². The lowest BCUT2D eigenvalue weighted by molar-refractivity contribution is -0.117. The summed E-state index contributed by atoms with van der Waals surface area (Å²) in [5, 5.41) is 13.0. The normalized spacial score (nSPS) is 15.2. The van der Waals surface area contributed by atoms with Crippen LogP contribution in [0, 0.1) is 11.3 Å². The zero-order chi connectivity index (χ0) is 16.9. The van der Waals surface area contributed by atoms with Gasteiger partial charge in [-0.2, -0.15) is 5.26 Å². The van der Waals surface area contributed by atoms with Crippen LogP contribution in [0.15, 0.2) is 48.2 Å². The van der Waals surface area contributed by atoms with Crippen molar-refractivity contribution in [2.75, 3.05) is 0 Å².